The quantitative estimate of drug-likeness (QED) is 0.849. The maximum Gasteiger partial charge on any atom is 0.317 e. The number of nitrogens with one attached hydrogen (secondary N) is 1. The molecule has 1 atom stereocenters. The Labute approximate surface area is 167 Å². The molecule has 0 spiro atoms. The van der Waals surface area contributed by atoms with Gasteiger partial charge in [-0.3, -0.25) is 4.79 Å². The predicted octanol–water partition coefficient (Wildman–Crippen LogP) is 2.62. The number of carbonyl (C=O) groups excluding carboxylic acids is 2. The molecule has 1 N–H and O–H groups in total. The van der Waals surface area contributed by atoms with Crippen LogP contribution in [0.2, 0.25) is 0 Å². The van der Waals surface area contributed by atoms with Crippen LogP contribution in [-0.2, 0) is 4.79 Å². The van der Waals surface area contributed by atoms with Gasteiger partial charge in [0.05, 0.1) is 6.04 Å². The van der Waals surface area contributed by atoms with Crippen LogP contribution in [0.15, 0.2) is 30.3 Å². The first-order valence-electron chi connectivity index (χ1n) is 10.8. The van der Waals surface area contributed by atoms with Gasteiger partial charge in [-0.2, -0.15) is 0 Å². The molecule has 3 amide bonds. The van der Waals surface area contributed by atoms with Crippen molar-refractivity contribution in [2.24, 2.45) is 0 Å². The Bertz CT molecular complexity index is 666. The summed E-state index contributed by atoms with van der Waals surface area (Å²) >= 11 is 0. The van der Waals surface area contributed by atoms with E-state index in [9.17, 15) is 9.59 Å². The number of likely N-dealkylation sites (tertiary alicyclic amines) is 3. The largest absolute Gasteiger partial charge is 0.340 e. The number of hydrogen-bond acceptors (Lipinski definition) is 3. The van der Waals surface area contributed by atoms with Gasteiger partial charge in [-0.25, -0.2) is 4.79 Å². The third-order valence-corrected chi connectivity index (χ3v) is 6.48. The van der Waals surface area contributed by atoms with Crippen molar-refractivity contribution in [2.75, 3.05) is 39.3 Å². The highest BCUT2D eigenvalue weighted by molar-refractivity contribution is 5.78. The summed E-state index contributed by atoms with van der Waals surface area (Å²) in [4.78, 5) is 31.5. The van der Waals surface area contributed by atoms with Crippen molar-refractivity contribution in [3.8, 4) is 0 Å². The smallest absolute Gasteiger partial charge is 0.317 e. The van der Waals surface area contributed by atoms with Gasteiger partial charge < -0.3 is 20.0 Å². The molecule has 0 radical (unpaired) electrons. The Morgan fingerprint density at radius 1 is 1.00 bits per heavy atom. The van der Waals surface area contributed by atoms with Gasteiger partial charge in [-0.15, -0.1) is 0 Å². The van der Waals surface area contributed by atoms with Gasteiger partial charge in [-0.1, -0.05) is 30.3 Å². The first-order valence-corrected chi connectivity index (χ1v) is 10.8. The van der Waals surface area contributed by atoms with Crippen LogP contribution in [0.3, 0.4) is 0 Å². The van der Waals surface area contributed by atoms with Crippen molar-refractivity contribution < 1.29 is 9.59 Å². The Kier molecular flexibility index (Phi) is 6.15. The van der Waals surface area contributed by atoms with E-state index in [1.165, 1.54) is 25.9 Å². The van der Waals surface area contributed by atoms with Crippen molar-refractivity contribution in [2.45, 2.75) is 50.6 Å². The van der Waals surface area contributed by atoms with Crippen LogP contribution in [0.5, 0.6) is 0 Å². The van der Waals surface area contributed by atoms with E-state index >= 15 is 0 Å². The minimum Gasteiger partial charge on any atom is -0.340 e. The summed E-state index contributed by atoms with van der Waals surface area (Å²) in [6, 6.07) is 10.5. The third-order valence-electron chi connectivity index (χ3n) is 6.48. The first kappa shape index (κ1) is 19.2. The van der Waals surface area contributed by atoms with E-state index < -0.39 is 0 Å². The predicted molar refractivity (Wildman–Crippen MR) is 109 cm³/mol. The third kappa shape index (κ3) is 4.49. The average Bonchev–Trinajstić information content (AvgIpc) is 3.41. The Morgan fingerprint density at radius 2 is 1.71 bits per heavy atom. The second kappa shape index (κ2) is 8.95. The molecule has 6 heteroatoms. The molecule has 1 aromatic rings. The molecule has 0 bridgehead atoms. The molecular weight excluding hydrogens is 352 g/mol. The number of nitrogens with zero attached hydrogens (tertiary/aromatic N) is 3. The number of carbonyl (C=O) groups is 2. The summed E-state index contributed by atoms with van der Waals surface area (Å²) in [6.45, 7) is 5.42. The monoisotopic (exact) mass is 384 g/mol. The molecule has 3 saturated heterocycles. The van der Waals surface area contributed by atoms with Crippen molar-refractivity contribution in [1.29, 1.82) is 0 Å². The zero-order valence-electron chi connectivity index (χ0n) is 16.7. The maximum atomic E-state index is 13.0. The van der Waals surface area contributed by atoms with Crippen molar-refractivity contribution in [1.82, 2.24) is 20.0 Å². The maximum absolute atomic E-state index is 13.0. The summed E-state index contributed by atoms with van der Waals surface area (Å²) in [7, 11) is 0. The molecule has 6 nitrogen and oxygen atoms in total. The van der Waals surface area contributed by atoms with Gasteiger partial charge >= 0.3 is 6.03 Å². The van der Waals surface area contributed by atoms with E-state index in [-0.39, 0.29) is 18.0 Å². The van der Waals surface area contributed by atoms with E-state index in [0.29, 0.717) is 19.0 Å². The summed E-state index contributed by atoms with van der Waals surface area (Å²) < 4.78 is 0. The Balaban J connectivity index is 1.36. The number of rotatable bonds is 5. The highest BCUT2D eigenvalue weighted by atomic mass is 16.2. The topological polar surface area (TPSA) is 55.9 Å². The second-order valence-electron chi connectivity index (χ2n) is 8.32. The number of piperidine rings is 1. The van der Waals surface area contributed by atoms with E-state index in [2.05, 4.69) is 10.2 Å². The fraction of sp³-hybridized carbons (Fsp3) is 0.636. The van der Waals surface area contributed by atoms with Crippen LogP contribution >= 0.6 is 0 Å². The molecule has 3 heterocycles. The molecule has 3 aliphatic heterocycles. The average molecular weight is 385 g/mol. The van der Waals surface area contributed by atoms with Gasteiger partial charge in [0.2, 0.25) is 5.91 Å². The lowest BCUT2D eigenvalue weighted by molar-refractivity contribution is -0.128. The molecule has 0 saturated carbocycles. The molecule has 1 unspecified atom stereocenters. The van der Waals surface area contributed by atoms with Gasteiger partial charge in [0.15, 0.2) is 0 Å². The highest BCUT2D eigenvalue weighted by Crippen LogP contribution is 2.23. The molecule has 0 aliphatic carbocycles. The molecule has 3 aliphatic rings. The zero-order chi connectivity index (χ0) is 19.3. The highest BCUT2D eigenvalue weighted by Gasteiger charge is 2.30. The van der Waals surface area contributed by atoms with E-state index in [0.717, 1.165) is 44.5 Å². The van der Waals surface area contributed by atoms with Crippen LogP contribution in [0.25, 0.3) is 0 Å². The van der Waals surface area contributed by atoms with Gasteiger partial charge in [-0.05, 0) is 50.8 Å². The van der Waals surface area contributed by atoms with Crippen LogP contribution in [0.1, 0.15) is 50.1 Å². The fourth-order valence-electron chi connectivity index (χ4n) is 4.82. The lowest BCUT2D eigenvalue weighted by Gasteiger charge is -2.37. The van der Waals surface area contributed by atoms with Crippen LogP contribution in [0.4, 0.5) is 4.79 Å². The summed E-state index contributed by atoms with van der Waals surface area (Å²) in [5.41, 5.74) is 1.06. The van der Waals surface area contributed by atoms with Crippen molar-refractivity contribution >= 4 is 11.9 Å². The summed E-state index contributed by atoms with van der Waals surface area (Å²) in [6.07, 6.45) is 6.29. The molecule has 1 aromatic carbocycles. The Morgan fingerprint density at radius 3 is 2.36 bits per heavy atom. The van der Waals surface area contributed by atoms with Gasteiger partial charge in [0.25, 0.3) is 0 Å². The first-order chi connectivity index (χ1) is 13.7. The number of benzene rings is 1. The minimum atomic E-state index is -0.160. The number of hydrogen-bond donors (Lipinski definition) is 1. The normalized spacial score (nSPS) is 22.6. The van der Waals surface area contributed by atoms with Gasteiger partial charge in [0, 0.05) is 38.6 Å². The molecular formula is C22H32N4O2. The number of amides is 3. The standard InChI is InChI=1S/C22H32N4O2/c27-21-9-6-14-26(21)17-20(18-7-2-1-3-8-18)23-22(28)25-15-10-19(11-16-25)24-12-4-5-13-24/h1-3,7-8,19-20H,4-6,9-17H2,(H,23,28). The Hall–Kier alpha value is -2.08. The number of urea groups is 1. The summed E-state index contributed by atoms with van der Waals surface area (Å²) in [5.74, 6) is 0.196. The lowest BCUT2D eigenvalue weighted by atomic mass is 10.0. The molecule has 4 rings (SSSR count). The van der Waals surface area contributed by atoms with Crippen LogP contribution in [0, 0.1) is 0 Å². The SMILES string of the molecule is O=C1CCCN1CC(NC(=O)N1CCC(N2CCCC2)CC1)c1ccccc1. The lowest BCUT2D eigenvalue weighted by Crippen LogP contribution is -2.50. The molecule has 28 heavy (non-hydrogen) atoms. The minimum absolute atomic E-state index is 0.000343. The van der Waals surface area contributed by atoms with Crippen molar-refractivity contribution in [3.63, 3.8) is 0 Å². The molecule has 3 fully saturated rings. The second-order valence-corrected chi connectivity index (χ2v) is 8.32. The fourth-order valence-corrected chi connectivity index (χ4v) is 4.82. The van der Waals surface area contributed by atoms with Crippen LogP contribution < -0.4 is 5.32 Å². The zero-order valence-corrected chi connectivity index (χ0v) is 16.7. The van der Waals surface area contributed by atoms with E-state index in [1.807, 2.05) is 40.1 Å². The molecule has 0 aromatic heterocycles. The van der Waals surface area contributed by atoms with Gasteiger partial charge in [0.1, 0.15) is 0 Å². The van der Waals surface area contributed by atoms with Crippen LogP contribution in [-0.4, -0.2) is 71.9 Å². The molecule has 152 valence electrons. The van der Waals surface area contributed by atoms with Crippen molar-refractivity contribution in [3.05, 3.63) is 35.9 Å². The van der Waals surface area contributed by atoms with E-state index in [1.54, 1.807) is 0 Å². The summed E-state index contributed by atoms with van der Waals surface area (Å²) in [5, 5.41) is 3.21. The van der Waals surface area contributed by atoms with E-state index in [4.69, 9.17) is 0 Å².